The number of halogens is 1. The summed E-state index contributed by atoms with van der Waals surface area (Å²) in [4.78, 5) is 9.98. The Morgan fingerprint density at radius 3 is 2.04 bits per heavy atom. The number of hydrogen-bond donors (Lipinski definition) is 1. The fraction of sp³-hybridized carbons (Fsp3) is 0.500. The van der Waals surface area contributed by atoms with E-state index in [1.54, 1.807) is 13.8 Å². The van der Waals surface area contributed by atoms with Gasteiger partial charge in [0, 0.05) is 27.3 Å². The predicted octanol–water partition coefficient (Wildman–Crippen LogP) is 1.82. The average molecular weight is 389 g/mol. The summed E-state index contributed by atoms with van der Waals surface area (Å²) in [6.07, 6.45) is 0. The van der Waals surface area contributed by atoms with E-state index in [0.717, 1.165) is 14.2 Å². The van der Waals surface area contributed by atoms with Crippen molar-refractivity contribution in [2.45, 2.75) is 18.7 Å². The maximum absolute atomic E-state index is 12.1. The van der Waals surface area contributed by atoms with Gasteiger partial charge >= 0.3 is 0 Å². The molecule has 1 aromatic carbocycles. The normalized spacial score (nSPS) is 12.0. The van der Waals surface area contributed by atoms with E-state index in [9.17, 15) is 17.9 Å². The summed E-state index contributed by atoms with van der Waals surface area (Å²) in [7, 11) is -5.38. The van der Waals surface area contributed by atoms with Crippen molar-refractivity contribution in [3.63, 3.8) is 0 Å². The molecule has 0 atom stereocenters. The fourth-order valence-electron chi connectivity index (χ4n) is 1.48. The van der Waals surface area contributed by atoms with Crippen LogP contribution in [0.2, 0.25) is 5.02 Å². The Morgan fingerprint density at radius 1 is 1.26 bits per heavy atom. The van der Waals surface area contributed by atoms with Crippen molar-refractivity contribution in [1.29, 1.82) is 0 Å². The van der Waals surface area contributed by atoms with Crippen LogP contribution < -0.4 is 4.89 Å². The highest BCUT2D eigenvalue weighted by molar-refractivity contribution is 7.89. The summed E-state index contributed by atoms with van der Waals surface area (Å²) in [5.74, 6) is -0.0523. The molecule has 0 aliphatic carbocycles. The molecule has 0 heterocycles. The Balaban J connectivity index is 0.000000585. The molecule has 0 amide bonds. The van der Waals surface area contributed by atoms with Gasteiger partial charge in [0.25, 0.3) is 7.82 Å². The Morgan fingerprint density at radius 2 is 1.74 bits per heavy atom. The van der Waals surface area contributed by atoms with E-state index in [-0.39, 0.29) is 15.7 Å². The third kappa shape index (κ3) is 6.76. The van der Waals surface area contributed by atoms with Crippen LogP contribution in [-0.4, -0.2) is 45.1 Å². The lowest BCUT2D eigenvalue weighted by atomic mass is 10.3. The van der Waals surface area contributed by atoms with Gasteiger partial charge in [0.15, 0.2) is 0 Å². The molecular weight excluding hydrogens is 369 g/mol. The van der Waals surface area contributed by atoms with Crippen LogP contribution in [0.5, 0.6) is 5.75 Å². The van der Waals surface area contributed by atoms with Crippen LogP contribution in [-0.2, 0) is 23.6 Å². The highest BCUT2D eigenvalue weighted by atomic mass is 35.5. The van der Waals surface area contributed by atoms with Crippen LogP contribution >= 0.6 is 19.4 Å². The Kier molecular flexibility index (Phi) is 9.30. The molecule has 0 saturated heterocycles. The molecule has 0 radical (unpaired) electrons. The summed E-state index contributed by atoms with van der Waals surface area (Å²) in [5, 5.41) is 9.20. The van der Waals surface area contributed by atoms with Crippen molar-refractivity contribution in [3.05, 3.63) is 23.2 Å². The van der Waals surface area contributed by atoms with Gasteiger partial charge in [-0.1, -0.05) is 25.4 Å². The monoisotopic (exact) mass is 388 g/mol. The van der Waals surface area contributed by atoms with Crippen molar-refractivity contribution in [2.75, 3.05) is 27.3 Å². The lowest BCUT2D eigenvalue weighted by Gasteiger charge is -2.19. The van der Waals surface area contributed by atoms with Gasteiger partial charge in [-0.25, -0.2) is 8.42 Å². The van der Waals surface area contributed by atoms with Crippen molar-refractivity contribution in [2.24, 2.45) is 0 Å². The number of phenolic OH excluding ortho intramolecular Hbond substituents is 1. The molecule has 0 unspecified atom stereocenters. The van der Waals surface area contributed by atoms with E-state index < -0.39 is 17.8 Å². The van der Waals surface area contributed by atoms with Crippen molar-refractivity contribution in [3.8, 4) is 5.75 Å². The van der Waals surface area contributed by atoms with Crippen molar-refractivity contribution in [1.82, 2.24) is 4.31 Å². The number of phenols is 1. The van der Waals surface area contributed by atoms with E-state index in [4.69, 9.17) is 16.7 Å². The number of sulfonamides is 1. The fourth-order valence-corrected chi connectivity index (χ4v) is 3.60. The standard InChI is InChI=1S/C10H14ClNO3S.C2H7O4P/c1-3-12(4-2)16(14,15)10-6-5-8(13)7-9(10)11;1-5-7(3,4)6-2/h5-7,13H,3-4H2,1-2H3;1-2H3,(H,3,4)/p-1. The van der Waals surface area contributed by atoms with Gasteiger partial charge in [-0.05, 0) is 18.2 Å². The summed E-state index contributed by atoms with van der Waals surface area (Å²) in [6, 6.07) is 3.84. The van der Waals surface area contributed by atoms with Gasteiger partial charge in [0.1, 0.15) is 10.6 Å². The van der Waals surface area contributed by atoms with Gasteiger partial charge in [0.2, 0.25) is 10.0 Å². The summed E-state index contributed by atoms with van der Waals surface area (Å²) in [5.41, 5.74) is 0. The summed E-state index contributed by atoms with van der Waals surface area (Å²) >= 11 is 5.81. The Bertz CT molecular complexity index is 641. The minimum atomic E-state index is -3.90. The zero-order valence-electron chi connectivity index (χ0n) is 13.2. The molecular formula is C12H20ClNO7PS-. The quantitative estimate of drug-likeness (QED) is 0.739. The minimum absolute atomic E-state index is 0.0238. The minimum Gasteiger partial charge on any atom is -0.756 e. The molecule has 11 heteroatoms. The molecule has 23 heavy (non-hydrogen) atoms. The molecule has 1 N–H and O–H groups in total. The van der Waals surface area contributed by atoms with Crippen LogP contribution in [0.3, 0.4) is 0 Å². The van der Waals surface area contributed by atoms with Crippen LogP contribution in [0.15, 0.2) is 23.1 Å². The average Bonchev–Trinajstić information content (AvgIpc) is 2.48. The second-order valence-electron chi connectivity index (χ2n) is 4.02. The first-order valence-electron chi connectivity index (χ1n) is 6.46. The van der Waals surface area contributed by atoms with E-state index in [1.165, 1.54) is 22.5 Å². The zero-order valence-corrected chi connectivity index (χ0v) is 15.7. The van der Waals surface area contributed by atoms with E-state index in [2.05, 4.69) is 9.05 Å². The van der Waals surface area contributed by atoms with E-state index in [0.29, 0.717) is 13.1 Å². The van der Waals surface area contributed by atoms with Gasteiger partial charge in [-0.15, -0.1) is 0 Å². The lowest BCUT2D eigenvalue weighted by Crippen LogP contribution is -2.30. The van der Waals surface area contributed by atoms with E-state index >= 15 is 0 Å². The lowest BCUT2D eigenvalue weighted by molar-refractivity contribution is -0.220. The molecule has 0 saturated carbocycles. The maximum atomic E-state index is 12.1. The third-order valence-electron chi connectivity index (χ3n) is 2.69. The van der Waals surface area contributed by atoms with Crippen LogP contribution in [0.1, 0.15) is 13.8 Å². The number of phosphoric acid groups is 1. The molecule has 134 valence electrons. The maximum Gasteiger partial charge on any atom is 0.267 e. The smallest absolute Gasteiger partial charge is 0.267 e. The number of rotatable bonds is 6. The van der Waals surface area contributed by atoms with Gasteiger partial charge in [-0.3, -0.25) is 4.57 Å². The number of hydrogen-bond acceptors (Lipinski definition) is 7. The van der Waals surface area contributed by atoms with Crippen molar-refractivity contribution < 1.29 is 32.0 Å². The number of phosphoric ester groups is 1. The third-order valence-corrected chi connectivity index (χ3v) is 6.11. The SMILES string of the molecule is CCN(CC)S(=O)(=O)c1ccc(O)cc1Cl.COP(=O)([O-])OC. The second-order valence-corrected chi connectivity index (χ2v) is 7.95. The highest BCUT2D eigenvalue weighted by Gasteiger charge is 2.24. The summed E-state index contributed by atoms with van der Waals surface area (Å²) < 4.78 is 43.2. The Labute approximate surface area is 141 Å². The Hall–Kier alpha value is -0.670. The van der Waals surface area contributed by atoms with Crippen LogP contribution in [0.25, 0.3) is 0 Å². The highest BCUT2D eigenvalue weighted by Crippen LogP contribution is 2.34. The largest absolute Gasteiger partial charge is 0.756 e. The zero-order chi connectivity index (χ0) is 18.3. The molecule has 8 nitrogen and oxygen atoms in total. The molecule has 1 rings (SSSR count). The predicted molar refractivity (Wildman–Crippen MR) is 84.8 cm³/mol. The molecule has 0 aromatic heterocycles. The molecule has 0 fully saturated rings. The first-order chi connectivity index (χ1) is 10.6. The number of benzene rings is 1. The molecule has 0 aliphatic heterocycles. The topological polar surface area (TPSA) is 116 Å². The first-order valence-corrected chi connectivity index (χ1v) is 9.74. The number of aromatic hydroxyl groups is 1. The van der Waals surface area contributed by atoms with Gasteiger partial charge in [0.05, 0.1) is 5.02 Å². The van der Waals surface area contributed by atoms with Gasteiger partial charge < -0.3 is 19.0 Å². The molecule has 0 bridgehead atoms. The molecule has 0 spiro atoms. The van der Waals surface area contributed by atoms with Gasteiger partial charge in [-0.2, -0.15) is 4.31 Å². The molecule has 0 aliphatic rings. The first kappa shape index (κ1) is 22.3. The van der Waals surface area contributed by atoms with Crippen LogP contribution in [0.4, 0.5) is 0 Å². The van der Waals surface area contributed by atoms with Crippen LogP contribution in [0, 0.1) is 0 Å². The van der Waals surface area contributed by atoms with Crippen molar-refractivity contribution >= 4 is 29.4 Å². The van der Waals surface area contributed by atoms with E-state index in [1.807, 2.05) is 0 Å². The second kappa shape index (κ2) is 9.58. The molecule has 1 aromatic rings. The number of nitrogens with zero attached hydrogens (tertiary/aromatic N) is 1. The summed E-state index contributed by atoms with van der Waals surface area (Å²) in [6.45, 7) is 4.29.